The third-order valence-electron chi connectivity index (χ3n) is 4.67. The van der Waals surface area contributed by atoms with Crippen LogP contribution in [-0.4, -0.2) is 22.8 Å². The van der Waals surface area contributed by atoms with Crippen molar-refractivity contribution in [3.05, 3.63) is 65.7 Å². The lowest BCUT2D eigenvalue weighted by molar-refractivity contribution is 0.217. The zero-order chi connectivity index (χ0) is 19.2. The molecule has 0 bridgehead atoms. The molecule has 0 saturated heterocycles. The fraction of sp³-hybridized carbons (Fsp3) is 0.318. The number of nitrogens with zero attached hydrogens (tertiary/aromatic N) is 1. The van der Waals surface area contributed by atoms with Gasteiger partial charge in [-0.1, -0.05) is 74.1 Å². The number of thiocarbonyl (C=S) groups is 1. The lowest BCUT2D eigenvalue weighted by Crippen LogP contribution is -2.42. The minimum Gasteiger partial charge on any atom is -0.497 e. The lowest BCUT2D eigenvalue weighted by atomic mass is 10.0. The van der Waals surface area contributed by atoms with Gasteiger partial charge >= 0.3 is 0 Å². The van der Waals surface area contributed by atoms with E-state index in [9.17, 15) is 5.11 Å². The predicted molar refractivity (Wildman–Crippen MR) is 119 cm³/mol. The van der Waals surface area contributed by atoms with E-state index in [1.54, 1.807) is 18.9 Å². The Morgan fingerprint density at radius 2 is 1.78 bits per heavy atom. The maximum absolute atomic E-state index is 11.2. The van der Waals surface area contributed by atoms with Crippen molar-refractivity contribution < 1.29 is 9.84 Å². The molecule has 142 valence electrons. The molecule has 0 spiro atoms. The summed E-state index contributed by atoms with van der Waals surface area (Å²) in [6.07, 6.45) is 3.47. The Morgan fingerprint density at radius 3 is 2.41 bits per heavy atom. The number of methoxy groups -OCH3 is 1. The van der Waals surface area contributed by atoms with Crippen molar-refractivity contribution >= 4 is 38.9 Å². The number of hydrogen-bond acceptors (Lipinski definition) is 4. The van der Waals surface area contributed by atoms with Crippen molar-refractivity contribution in [3.8, 4) is 5.75 Å². The first-order chi connectivity index (χ1) is 13.2. The van der Waals surface area contributed by atoms with Crippen molar-refractivity contribution in [1.29, 1.82) is 0 Å². The summed E-state index contributed by atoms with van der Waals surface area (Å²) in [5, 5.41) is 11.2. The Labute approximate surface area is 171 Å². The number of aliphatic hydroxyl groups is 1. The van der Waals surface area contributed by atoms with Gasteiger partial charge in [0, 0.05) is 10.6 Å². The van der Waals surface area contributed by atoms with Gasteiger partial charge in [0.1, 0.15) is 10.1 Å². The van der Waals surface area contributed by atoms with E-state index in [0.29, 0.717) is 4.32 Å². The van der Waals surface area contributed by atoms with Crippen molar-refractivity contribution in [2.75, 3.05) is 12.0 Å². The molecule has 1 heterocycles. The molecule has 1 N–H and O–H groups in total. The fourth-order valence-electron chi connectivity index (χ4n) is 3.21. The van der Waals surface area contributed by atoms with Crippen molar-refractivity contribution in [2.45, 2.75) is 38.8 Å². The van der Waals surface area contributed by atoms with Gasteiger partial charge in [0.2, 0.25) is 0 Å². The Hall–Kier alpha value is -1.82. The minimum absolute atomic E-state index is 0.658. The number of unbranched alkanes of at least 4 members (excludes halogenated alkanes) is 2. The van der Waals surface area contributed by atoms with Crippen LogP contribution in [0.25, 0.3) is 4.91 Å². The summed E-state index contributed by atoms with van der Waals surface area (Å²) in [5.41, 5.74) is 3.04. The summed E-state index contributed by atoms with van der Waals surface area (Å²) < 4.78 is 5.90. The van der Waals surface area contributed by atoms with E-state index in [4.69, 9.17) is 17.0 Å². The Morgan fingerprint density at radius 1 is 1.07 bits per heavy atom. The smallest absolute Gasteiger partial charge is 0.155 e. The van der Waals surface area contributed by atoms with E-state index >= 15 is 0 Å². The predicted octanol–water partition coefficient (Wildman–Crippen LogP) is 5.84. The number of aliphatic hydroxyl groups excluding tert-OH is 1. The first-order valence-electron chi connectivity index (χ1n) is 9.27. The number of rotatable bonds is 7. The SMILES string of the molecule is CCCCCC1=C(c2ccccc2)SC(=S)N(c2ccc(OC)cc2)C1O. The maximum atomic E-state index is 11.2. The summed E-state index contributed by atoms with van der Waals surface area (Å²) in [5.74, 6) is 0.785. The molecular formula is C22H25NO2S2. The molecule has 27 heavy (non-hydrogen) atoms. The Bertz CT molecular complexity index is 803. The molecule has 0 fully saturated rings. The van der Waals surface area contributed by atoms with Crippen LogP contribution in [0, 0.1) is 0 Å². The van der Waals surface area contributed by atoms with Crippen LogP contribution >= 0.6 is 24.0 Å². The highest BCUT2D eigenvalue weighted by Crippen LogP contribution is 2.43. The van der Waals surface area contributed by atoms with Crippen LogP contribution in [0.15, 0.2) is 60.2 Å². The second-order valence-electron chi connectivity index (χ2n) is 6.49. The molecular weight excluding hydrogens is 374 g/mol. The molecule has 1 unspecified atom stereocenters. The van der Waals surface area contributed by atoms with E-state index in [-0.39, 0.29) is 0 Å². The van der Waals surface area contributed by atoms with E-state index in [2.05, 4.69) is 19.1 Å². The maximum Gasteiger partial charge on any atom is 0.155 e. The van der Waals surface area contributed by atoms with E-state index in [1.807, 2.05) is 47.4 Å². The average Bonchev–Trinajstić information content (AvgIpc) is 2.70. The molecule has 5 heteroatoms. The fourth-order valence-corrected chi connectivity index (χ4v) is 4.73. The Kier molecular flexibility index (Phi) is 6.94. The first-order valence-corrected chi connectivity index (χ1v) is 10.5. The molecule has 0 aliphatic carbocycles. The highest BCUT2D eigenvalue weighted by molar-refractivity contribution is 8.29. The van der Waals surface area contributed by atoms with Crippen molar-refractivity contribution in [1.82, 2.24) is 0 Å². The largest absolute Gasteiger partial charge is 0.497 e. The summed E-state index contributed by atoms with van der Waals surface area (Å²) in [7, 11) is 1.64. The van der Waals surface area contributed by atoms with Crippen LogP contribution in [-0.2, 0) is 0 Å². The van der Waals surface area contributed by atoms with Crippen LogP contribution in [0.5, 0.6) is 5.75 Å². The zero-order valence-corrected chi connectivity index (χ0v) is 17.4. The van der Waals surface area contributed by atoms with Crippen molar-refractivity contribution in [2.24, 2.45) is 0 Å². The summed E-state index contributed by atoms with van der Waals surface area (Å²) in [6.45, 7) is 2.19. The van der Waals surface area contributed by atoms with Crippen LogP contribution in [0.1, 0.15) is 38.2 Å². The molecule has 0 amide bonds. The summed E-state index contributed by atoms with van der Waals surface area (Å²) >= 11 is 7.24. The van der Waals surface area contributed by atoms with Gasteiger partial charge in [0.15, 0.2) is 6.23 Å². The monoisotopic (exact) mass is 399 g/mol. The van der Waals surface area contributed by atoms with Crippen LogP contribution < -0.4 is 9.64 Å². The number of hydrogen-bond donors (Lipinski definition) is 1. The van der Waals surface area contributed by atoms with E-state index in [1.165, 1.54) is 0 Å². The molecule has 3 rings (SSSR count). The van der Waals surface area contributed by atoms with E-state index in [0.717, 1.165) is 53.2 Å². The van der Waals surface area contributed by atoms with Gasteiger partial charge in [-0.3, -0.25) is 4.90 Å². The summed E-state index contributed by atoms with van der Waals surface area (Å²) in [4.78, 5) is 2.93. The molecule has 2 aromatic carbocycles. The third kappa shape index (κ3) is 4.54. The van der Waals surface area contributed by atoms with Gasteiger partial charge < -0.3 is 9.84 Å². The quantitative estimate of drug-likeness (QED) is 0.467. The molecule has 2 aromatic rings. The molecule has 0 saturated carbocycles. The normalized spacial score (nSPS) is 17.4. The van der Waals surface area contributed by atoms with Gasteiger partial charge in [-0.15, -0.1) is 0 Å². The van der Waals surface area contributed by atoms with Gasteiger partial charge in [0.05, 0.1) is 7.11 Å². The molecule has 0 aromatic heterocycles. The number of thioether (sulfide) groups is 1. The molecule has 3 nitrogen and oxygen atoms in total. The van der Waals surface area contributed by atoms with Crippen molar-refractivity contribution in [3.63, 3.8) is 0 Å². The van der Waals surface area contributed by atoms with Gasteiger partial charge in [-0.05, 0) is 48.2 Å². The molecule has 1 aliphatic rings. The van der Waals surface area contributed by atoms with Crippen LogP contribution in [0.2, 0.25) is 0 Å². The first kappa shape index (κ1) is 19.9. The number of benzene rings is 2. The molecule has 1 atom stereocenters. The zero-order valence-electron chi connectivity index (χ0n) is 15.7. The molecule has 1 aliphatic heterocycles. The van der Waals surface area contributed by atoms with Gasteiger partial charge in [-0.2, -0.15) is 0 Å². The minimum atomic E-state index is -0.751. The highest BCUT2D eigenvalue weighted by atomic mass is 32.2. The number of anilines is 1. The van der Waals surface area contributed by atoms with E-state index < -0.39 is 6.23 Å². The van der Waals surface area contributed by atoms with Gasteiger partial charge in [0.25, 0.3) is 0 Å². The second kappa shape index (κ2) is 9.40. The second-order valence-corrected chi connectivity index (χ2v) is 8.13. The third-order valence-corrected chi connectivity index (χ3v) is 6.19. The van der Waals surface area contributed by atoms with Gasteiger partial charge in [-0.25, -0.2) is 0 Å². The topological polar surface area (TPSA) is 32.7 Å². The van der Waals surface area contributed by atoms with Crippen LogP contribution in [0.3, 0.4) is 0 Å². The van der Waals surface area contributed by atoms with Crippen LogP contribution in [0.4, 0.5) is 5.69 Å². The standard InChI is InChI=1S/C22H25NO2S2/c1-3-4-6-11-19-20(16-9-7-5-8-10-16)27-22(26)23(21(19)24)17-12-14-18(25-2)15-13-17/h5,7-10,12-15,21,24H,3-4,6,11H2,1-2H3. The number of ether oxygens (including phenoxy) is 1. The highest BCUT2D eigenvalue weighted by Gasteiger charge is 2.33. The summed E-state index contributed by atoms with van der Waals surface area (Å²) in [6, 6.07) is 17.9. The Balaban J connectivity index is 1.98. The lowest BCUT2D eigenvalue weighted by Gasteiger charge is -2.37. The average molecular weight is 400 g/mol. The molecule has 0 radical (unpaired) electrons.